The molecule has 0 saturated heterocycles. The Hall–Kier alpha value is -1.03. The van der Waals surface area contributed by atoms with Crippen LogP contribution in [0.15, 0.2) is 33.7 Å². The normalized spacial score (nSPS) is 11.9. The standard InChI is InChI=1S/C13H20BrN3/c1-10(2)17-13(15)16-8-4-6-11-5-3-7-12(14)9-11/h3,5,7,9-10H,4,6,8H2,1-2H3,(H3,15,16,17). The maximum absolute atomic E-state index is 5.71. The summed E-state index contributed by atoms with van der Waals surface area (Å²) in [6, 6.07) is 8.69. The fourth-order valence-electron chi connectivity index (χ4n) is 1.52. The second kappa shape index (κ2) is 7.33. The lowest BCUT2D eigenvalue weighted by atomic mass is 10.1. The van der Waals surface area contributed by atoms with Crippen LogP contribution in [0.1, 0.15) is 25.8 Å². The molecule has 0 atom stereocenters. The van der Waals surface area contributed by atoms with Crippen molar-refractivity contribution < 1.29 is 0 Å². The SMILES string of the molecule is CC(C)NC(N)=NCCCc1cccc(Br)c1. The van der Waals surface area contributed by atoms with Crippen LogP contribution in [0.3, 0.4) is 0 Å². The van der Waals surface area contributed by atoms with Crippen molar-refractivity contribution >= 4 is 21.9 Å². The minimum atomic E-state index is 0.337. The van der Waals surface area contributed by atoms with Gasteiger partial charge in [0.15, 0.2) is 5.96 Å². The highest BCUT2D eigenvalue weighted by Gasteiger charge is 1.96. The molecule has 0 spiro atoms. The monoisotopic (exact) mass is 297 g/mol. The highest BCUT2D eigenvalue weighted by Crippen LogP contribution is 2.12. The Morgan fingerprint density at radius 2 is 2.24 bits per heavy atom. The summed E-state index contributed by atoms with van der Waals surface area (Å²) in [5.41, 5.74) is 7.03. The van der Waals surface area contributed by atoms with Gasteiger partial charge in [-0.15, -0.1) is 0 Å². The molecule has 0 saturated carbocycles. The summed E-state index contributed by atoms with van der Waals surface area (Å²) in [6.45, 7) is 4.85. The molecule has 0 aliphatic rings. The molecular formula is C13H20BrN3. The molecule has 1 rings (SSSR count). The van der Waals surface area contributed by atoms with Crippen LogP contribution >= 0.6 is 15.9 Å². The van der Waals surface area contributed by atoms with Crippen LogP contribution in [0.2, 0.25) is 0 Å². The summed E-state index contributed by atoms with van der Waals surface area (Å²) in [4.78, 5) is 4.27. The van der Waals surface area contributed by atoms with Gasteiger partial charge >= 0.3 is 0 Å². The fourth-order valence-corrected chi connectivity index (χ4v) is 1.96. The molecule has 0 radical (unpaired) electrons. The summed E-state index contributed by atoms with van der Waals surface area (Å²) in [7, 11) is 0. The molecule has 1 aromatic rings. The van der Waals surface area contributed by atoms with Gasteiger partial charge in [-0.2, -0.15) is 0 Å². The minimum absolute atomic E-state index is 0.337. The first-order valence-corrected chi connectivity index (χ1v) is 6.68. The highest BCUT2D eigenvalue weighted by atomic mass is 79.9. The third-order valence-electron chi connectivity index (χ3n) is 2.23. The van der Waals surface area contributed by atoms with Crippen molar-refractivity contribution in [3.05, 3.63) is 34.3 Å². The van der Waals surface area contributed by atoms with Crippen molar-refractivity contribution in [1.82, 2.24) is 5.32 Å². The third-order valence-corrected chi connectivity index (χ3v) is 2.72. The van der Waals surface area contributed by atoms with E-state index in [0.717, 1.165) is 23.9 Å². The maximum Gasteiger partial charge on any atom is 0.188 e. The Morgan fingerprint density at radius 3 is 2.88 bits per heavy atom. The van der Waals surface area contributed by atoms with E-state index < -0.39 is 0 Å². The lowest BCUT2D eigenvalue weighted by Crippen LogP contribution is -2.36. The van der Waals surface area contributed by atoms with Crippen LogP contribution in [-0.2, 0) is 6.42 Å². The number of nitrogens with two attached hydrogens (primary N) is 1. The zero-order valence-electron chi connectivity index (χ0n) is 10.4. The van der Waals surface area contributed by atoms with Gasteiger partial charge in [-0.1, -0.05) is 28.1 Å². The smallest absolute Gasteiger partial charge is 0.188 e. The lowest BCUT2D eigenvalue weighted by molar-refractivity contribution is 0.719. The van der Waals surface area contributed by atoms with E-state index in [4.69, 9.17) is 5.73 Å². The van der Waals surface area contributed by atoms with Gasteiger partial charge in [-0.05, 0) is 44.4 Å². The van der Waals surface area contributed by atoms with Crippen LogP contribution in [0.25, 0.3) is 0 Å². The molecule has 3 N–H and O–H groups in total. The topological polar surface area (TPSA) is 50.4 Å². The number of halogens is 1. The number of benzene rings is 1. The van der Waals surface area contributed by atoms with Gasteiger partial charge < -0.3 is 11.1 Å². The van der Waals surface area contributed by atoms with E-state index in [9.17, 15) is 0 Å². The number of aryl methyl sites for hydroxylation is 1. The molecule has 0 heterocycles. The van der Waals surface area contributed by atoms with Gasteiger partial charge in [-0.25, -0.2) is 0 Å². The zero-order chi connectivity index (χ0) is 12.7. The van der Waals surface area contributed by atoms with E-state index in [2.05, 4.69) is 44.4 Å². The third kappa shape index (κ3) is 6.31. The first kappa shape index (κ1) is 14.0. The number of guanidine groups is 1. The predicted octanol–water partition coefficient (Wildman–Crippen LogP) is 2.69. The summed E-state index contributed by atoms with van der Waals surface area (Å²) in [6.07, 6.45) is 2.04. The molecule has 0 aliphatic carbocycles. The lowest BCUT2D eigenvalue weighted by Gasteiger charge is -2.08. The van der Waals surface area contributed by atoms with Gasteiger partial charge in [0, 0.05) is 17.1 Å². The molecule has 0 bridgehead atoms. The average Bonchev–Trinajstić information content (AvgIpc) is 2.23. The second-order valence-corrected chi connectivity index (χ2v) is 5.22. The number of hydrogen-bond acceptors (Lipinski definition) is 1. The first-order chi connectivity index (χ1) is 8.08. The largest absolute Gasteiger partial charge is 0.370 e. The number of aliphatic imine (C=N–C) groups is 1. The van der Waals surface area contributed by atoms with E-state index in [0.29, 0.717) is 12.0 Å². The van der Waals surface area contributed by atoms with Crippen LogP contribution in [0.4, 0.5) is 0 Å². The summed E-state index contributed by atoms with van der Waals surface area (Å²) >= 11 is 3.46. The van der Waals surface area contributed by atoms with Crippen LogP contribution in [0.5, 0.6) is 0 Å². The molecule has 17 heavy (non-hydrogen) atoms. The van der Waals surface area contributed by atoms with E-state index in [1.54, 1.807) is 0 Å². The van der Waals surface area contributed by atoms with Gasteiger partial charge in [-0.3, -0.25) is 4.99 Å². The number of hydrogen-bond donors (Lipinski definition) is 2. The average molecular weight is 298 g/mol. The van der Waals surface area contributed by atoms with Gasteiger partial charge in [0.1, 0.15) is 0 Å². The van der Waals surface area contributed by atoms with Gasteiger partial charge in [0.25, 0.3) is 0 Å². The van der Waals surface area contributed by atoms with Gasteiger partial charge in [0.05, 0.1) is 0 Å². The van der Waals surface area contributed by atoms with Crippen molar-refractivity contribution in [3.8, 4) is 0 Å². The first-order valence-electron chi connectivity index (χ1n) is 5.89. The maximum atomic E-state index is 5.71. The molecule has 3 nitrogen and oxygen atoms in total. The number of nitrogens with zero attached hydrogens (tertiary/aromatic N) is 1. The van der Waals surface area contributed by atoms with Gasteiger partial charge in [0.2, 0.25) is 0 Å². The van der Waals surface area contributed by atoms with E-state index in [1.807, 2.05) is 19.9 Å². The van der Waals surface area contributed by atoms with Crippen molar-refractivity contribution in [2.24, 2.45) is 10.7 Å². The molecule has 0 aromatic heterocycles. The summed E-state index contributed by atoms with van der Waals surface area (Å²) < 4.78 is 1.12. The van der Waals surface area contributed by atoms with Crippen molar-refractivity contribution in [2.45, 2.75) is 32.7 Å². The minimum Gasteiger partial charge on any atom is -0.370 e. The fraction of sp³-hybridized carbons (Fsp3) is 0.462. The Kier molecular flexibility index (Phi) is 6.05. The zero-order valence-corrected chi connectivity index (χ0v) is 12.0. The molecule has 4 heteroatoms. The summed E-state index contributed by atoms with van der Waals surface area (Å²) in [5.74, 6) is 0.536. The van der Waals surface area contributed by atoms with E-state index in [1.165, 1.54) is 5.56 Å². The molecule has 0 amide bonds. The number of nitrogens with one attached hydrogen (secondary N) is 1. The highest BCUT2D eigenvalue weighted by molar-refractivity contribution is 9.10. The second-order valence-electron chi connectivity index (χ2n) is 4.30. The quantitative estimate of drug-likeness (QED) is 0.499. The Balaban J connectivity index is 2.28. The number of rotatable bonds is 5. The Morgan fingerprint density at radius 1 is 1.47 bits per heavy atom. The van der Waals surface area contributed by atoms with Crippen LogP contribution < -0.4 is 11.1 Å². The molecule has 1 aromatic carbocycles. The van der Waals surface area contributed by atoms with Crippen LogP contribution in [-0.4, -0.2) is 18.5 Å². The molecule has 0 unspecified atom stereocenters. The van der Waals surface area contributed by atoms with Crippen molar-refractivity contribution in [2.75, 3.05) is 6.54 Å². The van der Waals surface area contributed by atoms with Crippen molar-refractivity contribution in [1.29, 1.82) is 0 Å². The summed E-state index contributed by atoms with van der Waals surface area (Å²) in [5, 5.41) is 3.07. The van der Waals surface area contributed by atoms with E-state index in [-0.39, 0.29) is 0 Å². The molecule has 0 fully saturated rings. The van der Waals surface area contributed by atoms with Crippen LogP contribution in [0, 0.1) is 0 Å². The predicted molar refractivity (Wildman–Crippen MR) is 77.2 cm³/mol. The van der Waals surface area contributed by atoms with Crippen molar-refractivity contribution in [3.63, 3.8) is 0 Å². The molecule has 0 aliphatic heterocycles. The van der Waals surface area contributed by atoms with E-state index >= 15 is 0 Å². The molecule has 94 valence electrons. The molecular weight excluding hydrogens is 278 g/mol. The Labute approximate surface area is 112 Å². The Bertz CT molecular complexity index is 375.